The molecule has 0 saturated carbocycles. The first-order chi connectivity index (χ1) is 9.48. The molecule has 0 unspecified atom stereocenters. The first-order valence-corrected chi connectivity index (χ1v) is 7.73. The Morgan fingerprint density at radius 3 is 2.40 bits per heavy atom. The highest BCUT2D eigenvalue weighted by Gasteiger charge is 2.25. The van der Waals surface area contributed by atoms with E-state index in [1.165, 1.54) is 18.3 Å². The van der Waals surface area contributed by atoms with Crippen LogP contribution < -0.4 is 5.32 Å². The van der Waals surface area contributed by atoms with Crippen LogP contribution in [-0.4, -0.2) is 39.5 Å². The van der Waals surface area contributed by atoms with Crippen molar-refractivity contribution >= 4 is 23.6 Å². The minimum Gasteiger partial charge on any atom is -0.477 e. The van der Waals surface area contributed by atoms with Gasteiger partial charge in [0.2, 0.25) is 0 Å². The fourth-order valence-corrected chi connectivity index (χ4v) is 2.65. The van der Waals surface area contributed by atoms with E-state index in [2.05, 4.69) is 24.1 Å². The SMILES string of the molecule is CCC(CC)(CNC(=O)c1ccc(C(=O)O)nc1)SC. The van der Waals surface area contributed by atoms with Crippen LogP contribution in [0.3, 0.4) is 0 Å². The molecule has 5 nitrogen and oxygen atoms in total. The van der Waals surface area contributed by atoms with Gasteiger partial charge in [0, 0.05) is 17.5 Å². The van der Waals surface area contributed by atoms with Crippen molar-refractivity contribution in [3.63, 3.8) is 0 Å². The molecule has 20 heavy (non-hydrogen) atoms. The quantitative estimate of drug-likeness (QED) is 0.808. The summed E-state index contributed by atoms with van der Waals surface area (Å²) < 4.78 is 0.0457. The number of nitrogens with zero attached hydrogens (tertiary/aromatic N) is 1. The average molecular weight is 296 g/mol. The summed E-state index contributed by atoms with van der Waals surface area (Å²) in [4.78, 5) is 26.4. The van der Waals surface area contributed by atoms with E-state index in [4.69, 9.17) is 5.11 Å². The van der Waals surface area contributed by atoms with Crippen molar-refractivity contribution in [2.45, 2.75) is 31.4 Å². The number of carbonyl (C=O) groups is 2. The summed E-state index contributed by atoms with van der Waals surface area (Å²) in [5.74, 6) is -1.33. The number of amides is 1. The maximum atomic E-state index is 12.0. The molecule has 0 atom stereocenters. The molecule has 0 bridgehead atoms. The van der Waals surface area contributed by atoms with Crippen molar-refractivity contribution in [2.75, 3.05) is 12.8 Å². The van der Waals surface area contributed by atoms with E-state index >= 15 is 0 Å². The fourth-order valence-electron chi connectivity index (χ4n) is 1.86. The number of thioether (sulfide) groups is 1. The van der Waals surface area contributed by atoms with Gasteiger partial charge in [-0.3, -0.25) is 4.79 Å². The second-order valence-electron chi connectivity index (χ2n) is 4.51. The third-order valence-corrected chi connectivity index (χ3v) is 5.13. The van der Waals surface area contributed by atoms with E-state index in [1.54, 1.807) is 11.8 Å². The zero-order valence-corrected chi connectivity index (χ0v) is 12.8. The lowest BCUT2D eigenvalue weighted by molar-refractivity contribution is 0.0689. The van der Waals surface area contributed by atoms with Crippen LogP contribution >= 0.6 is 11.8 Å². The molecule has 1 aromatic rings. The van der Waals surface area contributed by atoms with Crippen LogP contribution in [0, 0.1) is 0 Å². The molecule has 0 aromatic carbocycles. The number of rotatable bonds is 7. The van der Waals surface area contributed by atoms with Gasteiger partial charge in [0.05, 0.1) is 5.56 Å². The molecule has 0 fully saturated rings. The first-order valence-electron chi connectivity index (χ1n) is 6.50. The summed E-state index contributed by atoms with van der Waals surface area (Å²) in [7, 11) is 0. The molecule has 0 spiro atoms. The zero-order valence-electron chi connectivity index (χ0n) is 12.0. The van der Waals surface area contributed by atoms with Crippen molar-refractivity contribution in [3.8, 4) is 0 Å². The van der Waals surface area contributed by atoms with Crippen LogP contribution in [0.4, 0.5) is 0 Å². The van der Waals surface area contributed by atoms with Crippen molar-refractivity contribution in [3.05, 3.63) is 29.6 Å². The number of pyridine rings is 1. The maximum absolute atomic E-state index is 12.0. The topological polar surface area (TPSA) is 79.3 Å². The molecule has 110 valence electrons. The number of carboxylic acid groups (broad SMARTS) is 1. The Bertz CT molecular complexity index is 462. The molecule has 2 N–H and O–H groups in total. The Morgan fingerprint density at radius 1 is 1.35 bits per heavy atom. The molecule has 0 radical (unpaired) electrons. The van der Waals surface area contributed by atoms with Gasteiger partial charge >= 0.3 is 5.97 Å². The molecular weight excluding hydrogens is 276 g/mol. The lowest BCUT2D eigenvalue weighted by Crippen LogP contribution is -2.39. The van der Waals surface area contributed by atoms with Gasteiger partial charge in [0.25, 0.3) is 5.91 Å². The summed E-state index contributed by atoms with van der Waals surface area (Å²) in [6, 6.07) is 2.81. The maximum Gasteiger partial charge on any atom is 0.354 e. The first kappa shape index (κ1) is 16.5. The fraction of sp³-hybridized carbons (Fsp3) is 0.500. The van der Waals surface area contributed by atoms with E-state index in [0.717, 1.165) is 12.8 Å². The van der Waals surface area contributed by atoms with Gasteiger partial charge in [-0.25, -0.2) is 9.78 Å². The van der Waals surface area contributed by atoms with E-state index in [-0.39, 0.29) is 16.3 Å². The highest BCUT2D eigenvalue weighted by Crippen LogP contribution is 2.29. The van der Waals surface area contributed by atoms with Crippen molar-refractivity contribution in [1.29, 1.82) is 0 Å². The number of hydrogen-bond donors (Lipinski definition) is 2. The molecular formula is C14H20N2O3S. The summed E-state index contributed by atoms with van der Waals surface area (Å²) >= 11 is 1.75. The smallest absolute Gasteiger partial charge is 0.354 e. The van der Waals surface area contributed by atoms with E-state index in [0.29, 0.717) is 12.1 Å². The van der Waals surface area contributed by atoms with Crippen LogP contribution in [-0.2, 0) is 0 Å². The summed E-state index contributed by atoms with van der Waals surface area (Å²) in [6.45, 7) is 4.80. The summed E-state index contributed by atoms with van der Waals surface area (Å²) in [6.07, 6.45) is 5.28. The normalized spacial score (nSPS) is 11.2. The predicted octanol–water partition coefficient (Wildman–Crippen LogP) is 2.43. The Hall–Kier alpha value is -1.56. The van der Waals surface area contributed by atoms with E-state index in [1.807, 2.05) is 6.26 Å². The monoisotopic (exact) mass is 296 g/mol. The van der Waals surface area contributed by atoms with Gasteiger partial charge in [0.1, 0.15) is 5.69 Å². The molecule has 1 amide bonds. The van der Waals surface area contributed by atoms with E-state index in [9.17, 15) is 9.59 Å². The Labute approximate surface area is 123 Å². The second kappa shape index (κ2) is 7.28. The number of carbonyl (C=O) groups excluding carboxylic acids is 1. The van der Waals surface area contributed by atoms with E-state index < -0.39 is 5.97 Å². The molecule has 1 aromatic heterocycles. The minimum atomic E-state index is -1.10. The van der Waals surface area contributed by atoms with Crippen LogP contribution in [0.1, 0.15) is 47.5 Å². The van der Waals surface area contributed by atoms with Gasteiger partial charge in [-0.1, -0.05) is 13.8 Å². The van der Waals surface area contributed by atoms with Gasteiger partial charge < -0.3 is 10.4 Å². The second-order valence-corrected chi connectivity index (χ2v) is 5.79. The highest BCUT2D eigenvalue weighted by atomic mass is 32.2. The van der Waals surface area contributed by atoms with Gasteiger partial charge in [-0.05, 0) is 31.2 Å². The van der Waals surface area contributed by atoms with Crippen LogP contribution in [0.2, 0.25) is 0 Å². The van der Waals surface area contributed by atoms with Gasteiger partial charge in [-0.2, -0.15) is 11.8 Å². The van der Waals surface area contributed by atoms with Crippen LogP contribution in [0.25, 0.3) is 0 Å². The molecule has 1 heterocycles. The number of aromatic carboxylic acids is 1. The standard InChI is InChI=1S/C14H20N2O3S/c1-4-14(5-2,20-3)9-16-12(17)10-6-7-11(13(18)19)15-8-10/h6-8H,4-5,9H2,1-3H3,(H,16,17)(H,18,19). The zero-order chi connectivity index (χ0) is 15.2. The number of carboxylic acids is 1. The number of hydrogen-bond acceptors (Lipinski definition) is 4. The molecule has 0 saturated heterocycles. The predicted molar refractivity (Wildman–Crippen MR) is 80.4 cm³/mol. The van der Waals surface area contributed by atoms with Gasteiger partial charge in [0.15, 0.2) is 0 Å². The number of aromatic nitrogens is 1. The summed E-state index contributed by atoms with van der Waals surface area (Å²) in [5.41, 5.74) is 0.305. The molecule has 0 aliphatic rings. The number of nitrogens with one attached hydrogen (secondary N) is 1. The minimum absolute atomic E-state index is 0.0457. The van der Waals surface area contributed by atoms with Crippen LogP contribution in [0.5, 0.6) is 0 Å². The highest BCUT2D eigenvalue weighted by molar-refractivity contribution is 8.00. The van der Waals surface area contributed by atoms with Gasteiger partial charge in [-0.15, -0.1) is 0 Å². The lowest BCUT2D eigenvalue weighted by atomic mass is 10.0. The Morgan fingerprint density at radius 2 is 2.00 bits per heavy atom. The largest absolute Gasteiger partial charge is 0.477 e. The third-order valence-electron chi connectivity index (χ3n) is 3.54. The van der Waals surface area contributed by atoms with Crippen molar-refractivity contribution in [1.82, 2.24) is 10.3 Å². The third kappa shape index (κ3) is 3.96. The van der Waals surface area contributed by atoms with Crippen molar-refractivity contribution in [2.24, 2.45) is 0 Å². The lowest BCUT2D eigenvalue weighted by Gasteiger charge is -2.29. The molecule has 0 aliphatic carbocycles. The van der Waals surface area contributed by atoms with Crippen LogP contribution in [0.15, 0.2) is 18.3 Å². The molecule has 1 rings (SSSR count). The summed E-state index contributed by atoms with van der Waals surface area (Å²) in [5, 5.41) is 11.6. The Balaban J connectivity index is 2.69. The average Bonchev–Trinajstić information content (AvgIpc) is 2.49. The molecule has 6 heteroatoms. The molecule has 0 aliphatic heterocycles. The van der Waals surface area contributed by atoms with Crippen molar-refractivity contribution < 1.29 is 14.7 Å². The Kier molecular flexibility index (Phi) is 6.01.